The Kier molecular flexibility index (Phi) is 6.59. The van der Waals surface area contributed by atoms with Gasteiger partial charge in [-0.1, -0.05) is 35.9 Å². The van der Waals surface area contributed by atoms with Crippen LogP contribution in [0.5, 0.6) is 0 Å². The van der Waals surface area contributed by atoms with E-state index in [1.165, 1.54) is 23.7 Å². The van der Waals surface area contributed by atoms with Crippen molar-refractivity contribution in [3.8, 4) is 0 Å². The second-order valence-electron chi connectivity index (χ2n) is 7.43. The summed E-state index contributed by atoms with van der Waals surface area (Å²) >= 11 is 7.31. The number of carbonyl (C=O) groups excluding carboxylic acids is 1. The van der Waals surface area contributed by atoms with Crippen LogP contribution in [-0.4, -0.2) is 28.4 Å². The highest BCUT2D eigenvalue weighted by atomic mass is 35.5. The summed E-state index contributed by atoms with van der Waals surface area (Å²) in [6, 6.07) is 13.9. The standard InChI is InChI=1S/C22H22ClFN4OS/c23-18-7-3-15(4-8-18)12-20-26-22(30-27-20)28-11-1-2-17(14-28)21(29)25-13-16-5-9-19(24)10-6-16/h3-10,17H,1-2,11-14H2,(H,25,29). The first-order valence-electron chi connectivity index (χ1n) is 9.91. The molecule has 1 saturated heterocycles. The number of benzene rings is 2. The lowest BCUT2D eigenvalue weighted by molar-refractivity contribution is -0.125. The smallest absolute Gasteiger partial charge is 0.225 e. The largest absolute Gasteiger partial charge is 0.352 e. The normalized spacial score (nSPS) is 16.5. The summed E-state index contributed by atoms with van der Waals surface area (Å²) in [4.78, 5) is 19.5. The Morgan fingerprint density at radius 2 is 1.90 bits per heavy atom. The predicted molar refractivity (Wildman–Crippen MR) is 117 cm³/mol. The number of piperidine rings is 1. The molecular formula is C22H22ClFN4OS. The summed E-state index contributed by atoms with van der Waals surface area (Å²) in [5.74, 6) is 0.429. The van der Waals surface area contributed by atoms with Gasteiger partial charge < -0.3 is 10.2 Å². The average molecular weight is 445 g/mol. The van der Waals surface area contributed by atoms with Crippen molar-refractivity contribution < 1.29 is 9.18 Å². The van der Waals surface area contributed by atoms with Gasteiger partial charge in [0.25, 0.3) is 0 Å². The Balaban J connectivity index is 1.33. The highest BCUT2D eigenvalue weighted by Crippen LogP contribution is 2.26. The Morgan fingerprint density at radius 1 is 1.17 bits per heavy atom. The van der Waals surface area contributed by atoms with Crippen molar-refractivity contribution in [2.45, 2.75) is 25.8 Å². The number of nitrogens with one attached hydrogen (secondary N) is 1. The zero-order valence-corrected chi connectivity index (χ0v) is 17.9. The van der Waals surface area contributed by atoms with Crippen LogP contribution in [0.1, 0.15) is 29.8 Å². The maximum atomic E-state index is 13.0. The number of rotatable bonds is 6. The minimum Gasteiger partial charge on any atom is -0.352 e. The molecule has 1 N–H and O–H groups in total. The summed E-state index contributed by atoms with van der Waals surface area (Å²) in [6.07, 6.45) is 2.44. The topological polar surface area (TPSA) is 58.1 Å². The third-order valence-electron chi connectivity index (χ3n) is 5.18. The number of hydrogen-bond acceptors (Lipinski definition) is 5. The van der Waals surface area contributed by atoms with E-state index in [9.17, 15) is 9.18 Å². The van der Waals surface area contributed by atoms with E-state index in [-0.39, 0.29) is 17.6 Å². The molecular weight excluding hydrogens is 423 g/mol. The average Bonchev–Trinajstić information content (AvgIpc) is 3.23. The molecule has 4 rings (SSSR count). The van der Waals surface area contributed by atoms with Crippen molar-refractivity contribution in [2.75, 3.05) is 18.0 Å². The van der Waals surface area contributed by atoms with E-state index in [2.05, 4.69) is 19.6 Å². The first-order valence-corrected chi connectivity index (χ1v) is 11.1. The molecule has 0 spiro atoms. The Labute approximate surface area is 184 Å². The van der Waals surface area contributed by atoms with Gasteiger partial charge in [-0.2, -0.15) is 4.37 Å². The maximum Gasteiger partial charge on any atom is 0.225 e. The van der Waals surface area contributed by atoms with Gasteiger partial charge >= 0.3 is 0 Å². The minimum atomic E-state index is -0.277. The van der Waals surface area contributed by atoms with Crippen LogP contribution in [-0.2, 0) is 17.8 Å². The van der Waals surface area contributed by atoms with Crippen molar-refractivity contribution in [2.24, 2.45) is 5.92 Å². The van der Waals surface area contributed by atoms with Crippen LogP contribution in [0.15, 0.2) is 48.5 Å². The summed E-state index contributed by atoms with van der Waals surface area (Å²) < 4.78 is 17.5. The van der Waals surface area contributed by atoms with E-state index in [0.717, 1.165) is 41.5 Å². The van der Waals surface area contributed by atoms with E-state index < -0.39 is 0 Å². The molecule has 1 fully saturated rings. The molecule has 156 valence electrons. The summed E-state index contributed by atoms with van der Waals surface area (Å²) in [6.45, 7) is 1.90. The lowest BCUT2D eigenvalue weighted by atomic mass is 9.97. The SMILES string of the molecule is O=C(NCc1ccc(F)cc1)C1CCCN(c2nc(Cc3ccc(Cl)cc3)ns2)C1. The molecule has 1 amide bonds. The van der Waals surface area contributed by atoms with Crippen LogP contribution in [0.2, 0.25) is 5.02 Å². The van der Waals surface area contributed by atoms with Crippen LogP contribution in [0.4, 0.5) is 9.52 Å². The van der Waals surface area contributed by atoms with Crippen LogP contribution in [0.25, 0.3) is 0 Å². The molecule has 0 bridgehead atoms. The highest BCUT2D eigenvalue weighted by molar-refractivity contribution is 7.09. The van der Waals surface area contributed by atoms with Gasteiger partial charge in [-0.25, -0.2) is 9.37 Å². The third kappa shape index (κ3) is 5.34. The maximum absolute atomic E-state index is 13.0. The Hall–Kier alpha value is -2.51. The quantitative estimate of drug-likeness (QED) is 0.610. The van der Waals surface area contributed by atoms with E-state index in [1.807, 2.05) is 24.3 Å². The van der Waals surface area contributed by atoms with Gasteiger partial charge in [-0.15, -0.1) is 0 Å². The molecule has 2 heterocycles. The lowest BCUT2D eigenvalue weighted by Gasteiger charge is -2.31. The molecule has 0 radical (unpaired) electrons. The lowest BCUT2D eigenvalue weighted by Crippen LogP contribution is -2.43. The summed E-state index contributed by atoms with van der Waals surface area (Å²) in [7, 11) is 0. The molecule has 1 aromatic heterocycles. The monoisotopic (exact) mass is 444 g/mol. The van der Waals surface area contributed by atoms with E-state index in [0.29, 0.717) is 24.5 Å². The van der Waals surface area contributed by atoms with Crippen LogP contribution >= 0.6 is 23.1 Å². The summed E-state index contributed by atoms with van der Waals surface area (Å²) in [5, 5.41) is 4.54. The molecule has 30 heavy (non-hydrogen) atoms. The zero-order valence-electron chi connectivity index (χ0n) is 16.4. The van der Waals surface area contributed by atoms with Crippen molar-refractivity contribution in [1.82, 2.24) is 14.7 Å². The molecule has 1 aliphatic heterocycles. The highest BCUT2D eigenvalue weighted by Gasteiger charge is 2.27. The molecule has 1 atom stereocenters. The molecule has 0 aliphatic carbocycles. The molecule has 5 nitrogen and oxygen atoms in total. The van der Waals surface area contributed by atoms with Crippen LogP contribution < -0.4 is 10.2 Å². The second-order valence-corrected chi connectivity index (χ2v) is 8.59. The van der Waals surface area contributed by atoms with Crippen LogP contribution in [0, 0.1) is 11.7 Å². The number of nitrogens with zero attached hydrogens (tertiary/aromatic N) is 3. The first-order chi connectivity index (χ1) is 14.6. The van der Waals surface area contributed by atoms with Crippen molar-refractivity contribution in [1.29, 1.82) is 0 Å². The van der Waals surface area contributed by atoms with Gasteiger partial charge in [-0.05, 0) is 48.2 Å². The van der Waals surface area contributed by atoms with Gasteiger partial charge in [-0.3, -0.25) is 4.79 Å². The molecule has 8 heteroatoms. The molecule has 2 aromatic carbocycles. The second kappa shape index (κ2) is 9.53. The molecule has 3 aromatic rings. The predicted octanol–water partition coefficient (Wildman–Crippen LogP) is 4.45. The zero-order chi connectivity index (χ0) is 20.9. The Morgan fingerprint density at radius 3 is 2.67 bits per heavy atom. The minimum absolute atomic E-state index is 0.0231. The third-order valence-corrected chi connectivity index (χ3v) is 6.24. The van der Waals surface area contributed by atoms with Gasteiger partial charge in [0.1, 0.15) is 11.6 Å². The molecule has 1 unspecified atom stereocenters. The Bertz CT molecular complexity index is 993. The number of aromatic nitrogens is 2. The number of anilines is 1. The van der Waals surface area contributed by atoms with Gasteiger partial charge in [0, 0.05) is 42.6 Å². The molecule has 0 saturated carbocycles. The fourth-order valence-electron chi connectivity index (χ4n) is 3.53. The van der Waals surface area contributed by atoms with Crippen LogP contribution in [0.3, 0.4) is 0 Å². The number of halogens is 2. The van der Waals surface area contributed by atoms with E-state index >= 15 is 0 Å². The van der Waals surface area contributed by atoms with Crippen molar-refractivity contribution in [3.05, 3.63) is 76.3 Å². The van der Waals surface area contributed by atoms with E-state index in [4.69, 9.17) is 11.6 Å². The number of hydrogen-bond donors (Lipinski definition) is 1. The van der Waals surface area contributed by atoms with Gasteiger partial charge in [0.2, 0.25) is 11.0 Å². The van der Waals surface area contributed by atoms with E-state index in [1.54, 1.807) is 12.1 Å². The van der Waals surface area contributed by atoms with Gasteiger partial charge in [0.05, 0.1) is 5.92 Å². The summed E-state index contributed by atoms with van der Waals surface area (Å²) in [5.41, 5.74) is 1.99. The van der Waals surface area contributed by atoms with Crippen molar-refractivity contribution >= 4 is 34.2 Å². The fraction of sp³-hybridized carbons (Fsp3) is 0.318. The molecule has 1 aliphatic rings. The number of amides is 1. The first kappa shape index (κ1) is 20.8. The number of carbonyl (C=O) groups is 1. The fourth-order valence-corrected chi connectivity index (χ4v) is 4.38. The van der Waals surface area contributed by atoms with Crippen molar-refractivity contribution in [3.63, 3.8) is 0 Å². The van der Waals surface area contributed by atoms with Gasteiger partial charge in [0.15, 0.2) is 0 Å².